The van der Waals surface area contributed by atoms with Gasteiger partial charge in [0, 0.05) is 49.1 Å². The van der Waals surface area contributed by atoms with Crippen LogP contribution in [0.4, 0.5) is 23.8 Å². The molecule has 5 rings (SSSR count). The summed E-state index contributed by atoms with van der Waals surface area (Å²) in [4.78, 5) is 20.6. The first-order chi connectivity index (χ1) is 19.1. The predicted octanol–water partition coefficient (Wildman–Crippen LogP) is 4.57. The highest BCUT2D eigenvalue weighted by molar-refractivity contribution is 5.69. The fraction of sp³-hybridized carbons (Fsp3) is 0.385. The van der Waals surface area contributed by atoms with E-state index >= 15 is 0 Å². The molecule has 0 aliphatic carbocycles. The molecule has 1 aromatic carbocycles. The Morgan fingerprint density at radius 2 is 1.82 bits per heavy atom. The number of halogens is 3. The average Bonchev–Trinajstić information content (AvgIpc) is 3.60. The molecule has 210 valence electrons. The van der Waals surface area contributed by atoms with Crippen molar-refractivity contribution >= 4 is 11.9 Å². The van der Waals surface area contributed by atoms with Crippen LogP contribution in [0.15, 0.2) is 47.1 Å². The summed E-state index contributed by atoms with van der Waals surface area (Å²) in [7, 11) is 0. The highest BCUT2D eigenvalue weighted by atomic mass is 19.3. The summed E-state index contributed by atoms with van der Waals surface area (Å²) in [5.41, 5.74) is 1.32. The number of amides is 1. The smallest absolute Gasteiger partial charge is 0.410 e. The van der Waals surface area contributed by atoms with Gasteiger partial charge < -0.3 is 19.0 Å². The van der Waals surface area contributed by atoms with E-state index in [0.717, 1.165) is 17.4 Å². The summed E-state index contributed by atoms with van der Waals surface area (Å²) in [5, 5.41) is 15.1. The second-order valence-corrected chi connectivity index (χ2v) is 10.2. The van der Waals surface area contributed by atoms with E-state index in [1.165, 1.54) is 16.8 Å². The van der Waals surface area contributed by atoms with Crippen LogP contribution in [0.3, 0.4) is 0 Å². The summed E-state index contributed by atoms with van der Waals surface area (Å²) in [6, 6.07) is 7.86. The van der Waals surface area contributed by atoms with Gasteiger partial charge >= 0.3 is 12.5 Å². The lowest BCUT2D eigenvalue weighted by atomic mass is 10.1. The Kier molecular flexibility index (Phi) is 7.41. The van der Waals surface area contributed by atoms with Gasteiger partial charge in [-0.3, -0.25) is 0 Å². The Hall–Kier alpha value is -4.49. The van der Waals surface area contributed by atoms with Crippen LogP contribution in [0.5, 0.6) is 0 Å². The number of benzene rings is 1. The fourth-order valence-corrected chi connectivity index (χ4v) is 4.13. The SMILES string of the molecule is CC(C)(C)OC(=O)N1CCN(c2cc(-c3cn(Cc4ccc(-c5nnc(C(F)F)o5)cc4F)nn3)ccn2)CC1. The maximum atomic E-state index is 14.8. The molecule has 0 atom stereocenters. The molecule has 1 amide bonds. The van der Waals surface area contributed by atoms with E-state index in [0.29, 0.717) is 37.4 Å². The number of piperazine rings is 1. The highest BCUT2D eigenvalue weighted by Gasteiger charge is 2.26. The van der Waals surface area contributed by atoms with Crippen molar-refractivity contribution in [1.82, 2.24) is 35.1 Å². The first kappa shape index (κ1) is 27.1. The maximum absolute atomic E-state index is 14.8. The molecule has 4 aromatic rings. The molecular weight excluding hydrogens is 529 g/mol. The number of nitrogens with zero attached hydrogens (tertiary/aromatic N) is 8. The topological polar surface area (TPSA) is 115 Å². The second-order valence-electron chi connectivity index (χ2n) is 10.2. The van der Waals surface area contributed by atoms with Crippen LogP contribution >= 0.6 is 0 Å². The number of rotatable bonds is 6. The number of anilines is 1. The molecule has 40 heavy (non-hydrogen) atoms. The van der Waals surface area contributed by atoms with Crippen molar-refractivity contribution in [1.29, 1.82) is 0 Å². The van der Waals surface area contributed by atoms with E-state index in [2.05, 4.69) is 30.4 Å². The number of alkyl halides is 2. The van der Waals surface area contributed by atoms with Crippen LogP contribution in [0.25, 0.3) is 22.7 Å². The molecular formula is C26H27F3N8O3. The number of carbonyl (C=O) groups is 1. The minimum absolute atomic E-state index is 0.0931. The minimum Gasteiger partial charge on any atom is -0.444 e. The molecule has 1 aliphatic heterocycles. The number of hydrogen-bond acceptors (Lipinski definition) is 9. The van der Waals surface area contributed by atoms with E-state index in [1.807, 2.05) is 32.9 Å². The predicted molar refractivity (Wildman–Crippen MR) is 137 cm³/mol. The molecule has 3 aromatic heterocycles. The molecule has 1 fully saturated rings. The summed E-state index contributed by atoms with van der Waals surface area (Å²) in [5.74, 6) is -0.850. The van der Waals surface area contributed by atoms with Crippen LogP contribution in [-0.2, 0) is 11.3 Å². The Balaban J connectivity index is 1.23. The first-order valence-electron chi connectivity index (χ1n) is 12.6. The summed E-state index contributed by atoms with van der Waals surface area (Å²) in [6.45, 7) is 7.84. The molecule has 0 bridgehead atoms. The van der Waals surface area contributed by atoms with Crippen molar-refractivity contribution < 1.29 is 27.1 Å². The number of carbonyl (C=O) groups excluding carboxylic acids is 1. The summed E-state index contributed by atoms with van der Waals surface area (Å²) < 4.78 is 52.0. The maximum Gasteiger partial charge on any atom is 0.410 e. The van der Waals surface area contributed by atoms with Crippen molar-refractivity contribution in [2.75, 3.05) is 31.1 Å². The highest BCUT2D eigenvalue weighted by Crippen LogP contribution is 2.26. The molecule has 0 unspecified atom stereocenters. The molecule has 0 spiro atoms. The Bertz CT molecular complexity index is 1490. The van der Waals surface area contributed by atoms with Gasteiger partial charge in [0.2, 0.25) is 5.89 Å². The Labute approximate surface area is 227 Å². The van der Waals surface area contributed by atoms with E-state index < -0.39 is 23.7 Å². The van der Waals surface area contributed by atoms with Crippen LogP contribution in [0.1, 0.15) is 38.7 Å². The van der Waals surface area contributed by atoms with E-state index in [4.69, 9.17) is 9.15 Å². The van der Waals surface area contributed by atoms with Gasteiger partial charge in [-0.25, -0.2) is 18.9 Å². The normalized spacial score (nSPS) is 14.2. The van der Waals surface area contributed by atoms with Gasteiger partial charge in [-0.1, -0.05) is 11.3 Å². The molecule has 14 heteroatoms. The zero-order valence-electron chi connectivity index (χ0n) is 22.1. The summed E-state index contributed by atoms with van der Waals surface area (Å²) >= 11 is 0. The largest absolute Gasteiger partial charge is 0.444 e. The second kappa shape index (κ2) is 10.9. The van der Waals surface area contributed by atoms with Gasteiger partial charge in [0.25, 0.3) is 5.89 Å². The average molecular weight is 557 g/mol. The van der Waals surface area contributed by atoms with Crippen LogP contribution in [-0.4, -0.2) is 72.9 Å². The zero-order valence-corrected chi connectivity index (χ0v) is 22.1. The fourth-order valence-electron chi connectivity index (χ4n) is 4.13. The van der Waals surface area contributed by atoms with Gasteiger partial charge in [0.05, 0.1) is 12.7 Å². The monoisotopic (exact) mass is 556 g/mol. The molecule has 4 heterocycles. The van der Waals surface area contributed by atoms with E-state index in [9.17, 15) is 18.0 Å². The van der Waals surface area contributed by atoms with Gasteiger partial charge in [-0.05, 0) is 45.0 Å². The van der Waals surface area contributed by atoms with Gasteiger partial charge in [-0.2, -0.15) is 8.78 Å². The number of aromatic nitrogens is 6. The minimum atomic E-state index is -2.90. The van der Waals surface area contributed by atoms with E-state index in [1.54, 1.807) is 17.3 Å². The van der Waals surface area contributed by atoms with Crippen molar-refractivity contribution in [3.63, 3.8) is 0 Å². The lowest BCUT2D eigenvalue weighted by molar-refractivity contribution is 0.0240. The first-order valence-corrected chi connectivity index (χ1v) is 12.6. The van der Waals surface area contributed by atoms with Crippen molar-refractivity contribution in [3.05, 3.63) is 60.0 Å². The van der Waals surface area contributed by atoms with Gasteiger partial charge in [0.1, 0.15) is 22.9 Å². The zero-order chi connectivity index (χ0) is 28.4. The number of pyridine rings is 1. The molecule has 11 nitrogen and oxygen atoms in total. The third-order valence-corrected chi connectivity index (χ3v) is 6.09. The molecule has 0 saturated carbocycles. The van der Waals surface area contributed by atoms with Crippen LogP contribution in [0.2, 0.25) is 0 Å². The quantitative estimate of drug-likeness (QED) is 0.337. The third-order valence-electron chi connectivity index (χ3n) is 6.09. The Morgan fingerprint density at radius 1 is 1.05 bits per heavy atom. The van der Waals surface area contributed by atoms with Crippen molar-refractivity contribution in [2.24, 2.45) is 0 Å². The lowest BCUT2D eigenvalue weighted by Gasteiger charge is -2.36. The standard InChI is InChI=1S/C26H27F3N8O3/c1-26(2,3)40-25(38)36-10-8-35(9-11-36)21-13-16(6-7-30-21)20-15-37(34-31-20)14-18-5-4-17(12-19(18)27)23-32-33-24(39-23)22(28)29/h4-7,12-13,15,22H,8-11,14H2,1-3H3. The lowest BCUT2D eigenvalue weighted by Crippen LogP contribution is -2.50. The number of hydrogen-bond donors (Lipinski definition) is 0. The van der Waals surface area contributed by atoms with Crippen molar-refractivity contribution in [2.45, 2.75) is 39.3 Å². The molecule has 0 N–H and O–H groups in total. The van der Waals surface area contributed by atoms with Crippen molar-refractivity contribution in [3.8, 4) is 22.7 Å². The van der Waals surface area contributed by atoms with Gasteiger partial charge in [0.15, 0.2) is 0 Å². The Morgan fingerprint density at radius 3 is 2.50 bits per heavy atom. The molecule has 1 aliphatic rings. The van der Waals surface area contributed by atoms with Crippen LogP contribution < -0.4 is 4.90 Å². The summed E-state index contributed by atoms with van der Waals surface area (Å²) in [6.07, 6.45) is 0.142. The molecule has 0 radical (unpaired) electrons. The van der Waals surface area contributed by atoms with Crippen LogP contribution in [0, 0.1) is 5.82 Å². The number of ether oxygens (including phenoxy) is 1. The van der Waals surface area contributed by atoms with E-state index in [-0.39, 0.29) is 24.1 Å². The van der Waals surface area contributed by atoms with Gasteiger partial charge in [-0.15, -0.1) is 15.3 Å². The molecule has 1 saturated heterocycles. The third kappa shape index (κ3) is 6.21.